The Balaban J connectivity index is 1.26. The summed E-state index contributed by atoms with van der Waals surface area (Å²) in [4.78, 5) is 16.4. The number of hydrogen-bond acceptors (Lipinski definition) is 5. The lowest BCUT2D eigenvalue weighted by Crippen LogP contribution is -2.42. The molecule has 1 saturated heterocycles. The SMILES string of the molecule is CC(Sc1nncn1CCc1cccs1)C(=O)N1CCC(Cc2ccccc2)CC1. The Hall–Kier alpha value is -2.12. The van der Waals surface area contributed by atoms with Crippen LogP contribution in [0.15, 0.2) is 59.3 Å². The second-order valence-corrected chi connectivity index (χ2v) is 10.2. The van der Waals surface area contributed by atoms with Gasteiger partial charge in [0, 0.05) is 24.5 Å². The molecule has 2 aromatic heterocycles. The van der Waals surface area contributed by atoms with E-state index in [1.807, 2.05) is 11.8 Å². The molecule has 1 fully saturated rings. The first-order chi connectivity index (χ1) is 14.7. The molecule has 0 saturated carbocycles. The zero-order valence-electron chi connectivity index (χ0n) is 17.3. The molecule has 1 amide bonds. The maximum absolute atomic E-state index is 13.0. The molecule has 7 heteroatoms. The summed E-state index contributed by atoms with van der Waals surface area (Å²) < 4.78 is 2.06. The molecule has 0 bridgehead atoms. The van der Waals surface area contributed by atoms with Crippen molar-refractivity contribution in [2.24, 2.45) is 5.92 Å². The number of thiophene rings is 1. The van der Waals surface area contributed by atoms with E-state index in [0.717, 1.165) is 50.5 Å². The number of likely N-dealkylation sites (tertiary alicyclic amines) is 1. The van der Waals surface area contributed by atoms with Gasteiger partial charge >= 0.3 is 0 Å². The summed E-state index contributed by atoms with van der Waals surface area (Å²) in [5.74, 6) is 0.880. The van der Waals surface area contributed by atoms with Crippen LogP contribution in [0.2, 0.25) is 0 Å². The molecule has 1 aliphatic rings. The first-order valence-electron chi connectivity index (χ1n) is 10.6. The van der Waals surface area contributed by atoms with E-state index in [-0.39, 0.29) is 11.2 Å². The van der Waals surface area contributed by atoms with Crippen molar-refractivity contribution >= 4 is 29.0 Å². The summed E-state index contributed by atoms with van der Waals surface area (Å²) >= 11 is 3.29. The fourth-order valence-electron chi connectivity index (χ4n) is 3.95. The fraction of sp³-hybridized carbons (Fsp3) is 0.435. The number of carbonyl (C=O) groups is 1. The maximum atomic E-state index is 13.0. The van der Waals surface area contributed by atoms with E-state index in [1.165, 1.54) is 22.2 Å². The van der Waals surface area contributed by atoms with Crippen molar-refractivity contribution in [1.82, 2.24) is 19.7 Å². The number of thioether (sulfide) groups is 1. The summed E-state index contributed by atoms with van der Waals surface area (Å²) in [6, 6.07) is 14.9. The van der Waals surface area contributed by atoms with Crippen molar-refractivity contribution in [1.29, 1.82) is 0 Å². The third-order valence-electron chi connectivity index (χ3n) is 5.68. The summed E-state index contributed by atoms with van der Waals surface area (Å²) in [6.07, 6.45) is 5.99. The topological polar surface area (TPSA) is 51.0 Å². The first kappa shape index (κ1) is 21.1. The lowest BCUT2D eigenvalue weighted by Gasteiger charge is -2.33. The van der Waals surface area contributed by atoms with Crippen LogP contribution < -0.4 is 0 Å². The minimum absolute atomic E-state index is 0.152. The van der Waals surface area contributed by atoms with Gasteiger partial charge in [0.25, 0.3) is 0 Å². The van der Waals surface area contributed by atoms with Crippen LogP contribution >= 0.6 is 23.1 Å². The largest absolute Gasteiger partial charge is 0.342 e. The van der Waals surface area contributed by atoms with Crippen LogP contribution in [0.4, 0.5) is 0 Å². The number of rotatable bonds is 8. The van der Waals surface area contributed by atoms with Gasteiger partial charge in [-0.25, -0.2) is 0 Å². The third-order valence-corrected chi connectivity index (χ3v) is 7.70. The molecule has 158 valence electrons. The van der Waals surface area contributed by atoms with Gasteiger partial charge in [0.05, 0.1) is 5.25 Å². The van der Waals surface area contributed by atoms with Gasteiger partial charge in [0.1, 0.15) is 6.33 Å². The maximum Gasteiger partial charge on any atom is 0.235 e. The van der Waals surface area contributed by atoms with Gasteiger partial charge < -0.3 is 9.47 Å². The monoisotopic (exact) mass is 440 g/mol. The molecule has 1 aromatic carbocycles. The van der Waals surface area contributed by atoms with Gasteiger partial charge in [0.2, 0.25) is 5.91 Å². The predicted molar refractivity (Wildman–Crippen MR) is 123 cm³/mol. The number of piperidine rings is 1. The highest BCUT2D eigenvalue weighted by Gasteiger charge is 2.27. The fourth-order valence-corrected chi connectivity index (χ4v) is 5.58. The van der Waals surface area contributed by atoms with Gasteiger partial charge in [-0.2, -0.15) is 0 Å². The summed E-state index contributed by atoms with van der Waals surface area (Å²) in [5, 5.41) is 11.1. The zero-order valence-corrected chi connectivity index (χ0v) is 18.9. The predicted octanol–water partition coefficient (Wildman–Crippen LogP) is 4.54. The van der Waals surface area contributed by atoms with E-state index in [4.69, 9.17) is 0 Å². The molecular formula is C23H28N4OS2. The summed E-state index contributed by atoms with van der Waals surface area (Å²) in [5.41, 5.74) is 1.40. The molecule has 1 unspecified atom stereocenters. The number of nitrogens with zero attached hydrogens (tertiary/aromatic N) is 4. The molecule has 0 spiro atoms. The van der Waals surface area contributed by atoms with Gasteiger partial charge in [-0.1, -0.05) is 48.2 Å². The van der Waals surface area contributed by atoms with E-state index < -0.39 is 0 Å². The standard InChI is InChI=1S/C23H28N4OS2/c1-18(30-23-25-24-17-27(23)14-11-21-8-5-15-29-21)22(28)26-12-9-20(10-13-26)16-19-6-3-2-4-7-19/h2-8,15,17-18,20H,9-14,16H2,1H3. The molecule has 0 radical (unpaired) electrons. The Kier molecular flexibility index (Phi) is 7.23. The minimum Gasteiger partial charge on any atom is -0.342 e. The Morgan fingerprint density at radius 2 is 2.00 bits per heavy atom. The Bertz CT molecular complexity index is 918. The molecule has 3 heterocycles. The van der Waals surface area contributed by atoms with E-state index in [1.54, 1.807) is 17.7 Å². The highest BCUT2D eigenvalue weighted by atomic mass is 32.2. The summed E-state index contributed by atoms with van der Waals surface area (Å²) in [6.45, 7) is 4.53. The minimum atomic E-state index is -0.152. The smallest absolute Gasteiger partial charge is 0.235 e. The van der Waals surface area contributed by atoms with Gasteiger partial charge in [-0.15, -0.1) is 21.5 Å². The number of aromatic nitrogens is 3. The lowest BCUT2D eigenvalue weighted by molar-refractivity contribution is -0.131. The number of amides is 1. The van der Waals surface area contributed by atoms with Crippen LogP contribution in [-0.4, -0.2) is 43.9 Å². The highest BCUT2D eigenvalue weighted by Crippen LogP contribution is 2.26. The van der Waals surface area contributed by atoms with Crippen molar-refractivity contribution in [3.63, 3.8) is 0 Å². The van der Waals surface area contributed by atoms with E-state index >= 15 is 0 Å². The zero-order chi connectivity index (χ0) is 20.8. The van der Waals surface area contributed by atoms with Crippen molar-refractivity contribution in [3.05, 3.63) is 64.6 Å². The second kappa shape index (κ2) is 10.3. The van der Waals surface area contributed by atoms with Crippen molar-refractivity contribution < 1.29 is 4.79 Å². The summed E-state index contributed by atoms with van der Waals surface area (Å²) in [7, 11) is 0. The van der Waals surface area contributed by atoms with E-state index in [0.29, 0.717) is 5.92 Å². The van der Waals surface area contributed by atoms with E-state index in [2.05, 4.69) is 62.6 Å². The Labute approximate surface area is 186 Å². The second-order valence-electron chi connectivity index (χ2n) is 7.85. The van der Waals surface area contributed by atoms with Crippen LogP contribution in [-0.2, 0) is 24.2 Å². The molecule has 0 aliphatic carbocycles. The van der Waals surface area contributed by atoms with Gasteiger partial charge in [0.15, 0.2) is 5.16 Å². The molecular weight excluding hydrogens is 412 g/mol. The molecule has 0 N–H and O–H groups in total. The normalized spacial score (nSPS) is 16.0. The van der Waals surface area contributed by atoms with E-state index in [9.17, 15) is 4.79 Å². The van der Waals surface area contributed by atoms with Crippen LogP contribution in [0.5, 0.6) is 0 Å². The Morgan fingerprint density at radius 3 is 2.73 bits per heavy atom. The van der Waals surface area contributed by atoms with Crippen LogP contribution in [0.25, 0.3) is 0 Å². The van der Waals surface area contributed by atoms with Crippen LogP contribution in [0.3, 0.4) is 0 Å². The third kappa shape index (κ3) is 5.52. The van der Waals surface area contributed by atoms with Crippen LogP contribution in [0.1, 0.15) is 30.2 Å². The van der Waals surface area contributed by atoms with Gasteiger partial charge in [-0.05, 0) is 55.5 Å². The first-order valence-corrected chi connectivity index (χ1v) is 12.3. The average Bonchev–Trinajstić information content (AvgIpc) is 3.45. The van der Waals surface area contributed by atoms with Crippen molar-refractivity contribution in [2.45, 2.75) is 49.6 Å². The van der Waals surface area contributed by atoms with Crippen molar-refractivity contribution in [3.8, 4) is 0 Å². The number of aryl methyl sites for hydroxylation is 2. The molecule has 5 nitrogen and oxygen atoms in total. The quantitative estimate of drug-likeness (QED) is 0.483. The average molecular weight is 441 g/mol. The highest BCUT2D eigenvalue weighted by molar-refractivity contribution is 8.00. The molecule has 3 aromatic rings. The number of benzene rings is 1. The molecule has 30 heavy (non-hydrogen) atoms. The lowest BCUT2D eigenvalue weighted by atomic mass is 9.90. The molecule has 1 atom stereocenters. The molecule has 4 rings (SSSR count). The number of hydrogen-bond donors (Lipinski definition) is 0. The number of carbonyl (C=O) groups excluding carboxylic acids is 1. The van der Waals surface area contributed by atoms with Gasteiger partial charge in [-0.3, -0.25) is 4.79 Å². The molecule has 1 aliphatic heterocycles. The Morgan fingerprint density at radius 1 is 1.20 bits per heavy atom. The van der Waals surface area contributed by atoms with Crippen LogP contribution in [0, 0.1) is 5.92 Å². The van der Waals surface area contributed by atoms with Crippen molar-refractivity contribution in [2.75, 3.05) is 13.1 Å².